The number of para-hydroxylation sites is 1. The Balaban J connectivity index is 1.19. The predicted molar refractivity (Wildman–Crippen MR) is 123 cm³/mol. The number of hydrogen-bond acceptors (Lipinski definition) is 4. The second-order valence-electron chi connectivity index (χ2n) is 8.67. The smallest absolute Gasteiger partial charge is 0.254 e. The van der Waals surface area contributed by atoms with Gasteiger partial charge in [0.1, 0.15) is 5.82 Å². The molecule has 6 nitrogen and oxygen atoms in total. The highest BCUT2D eigenvalue weighted by Crippen LogP contribution is 2.23. The molecule has 32 heavy (non-hydrogen) atoms. The van der Waals surface area contributed by atoms with Crippen LogP contribution < -0.4 is 10.2 Å². The van der Waals surface area contributed by atoms with Crippen LogP contribution in [-0.2, 0) is 4.79 Å². The van der Waals surface area contributed by atoms with E-state index in [1.54, 1.807) is 17.0 Å². The molecule has 2 heterocycles. The number of nitrogens with one attached hydrogen (secondary N) is 1. The second-order valence-corrected chi connectivity index (χ2v) is 8.67. The number of anilines is 1. The van der Waals surface area contributed by atoms with Crippen molar-refractivity contribution in [3.8, 4) is 0 Å². The number of halogens is 1. The highest BCUT2D eigenvalue weighted by Gasteiger charge is 2.24. The van der Waals surface area contributed by atoms with Crippen LogP contribution in [0.2, 0.25) is 0 Å². The van der Waals surface area contributed by atoms with Crippen molar-refractivity contribution in [1.29, 1.82) is 0 Å². The molecule has 2 aromatic carbocycles. The van der Waals surface area contributed by atoms with Crippen LogP contribution in [0.1, 0.15) is 23.2 Å². The Labute approximate surface area is 189 Å². The molecule has 0 aromatic heterocycles. The standard InChI is InChI=1S/C25H31FN4O2/c26-22-7-4-6-21(16-22)25(32)29-12-5-11-28(14-15-29)19-24(31)27-17-20-10-13-30(18-20)23-8-2-1-3-9-23/h1-4,6-9,16,20H,5,10-15,17-19H2,(H,27,31). The monoisotopic (exact) mass is 438 g/mol. The van der Waals surface area contributed by atoms with Crippen LogP contribution in [0.25, 0.3) is 0 Å². The first-order valence-electron chi connectivity index (χ1n) is 11.4. The van der Waals surface area contributed by atoms with E-state index < -0.39 is 5.82 Å². The average molecular weight is 439 g/mol. The number of amides is 2. The van der Waals surface area contributed by atoms with Crippen molar-refractivity contribution >= 4 is 17.5 Å². The Morgan fingerprint density at radius 1 is 0.969 bits per heavy atom. The molecule has 1 N–H and O–H groups in total. The van der Waals surface area contributed by atoms with Gasteiger partial charge in [-0.3, -0.25) is 14.5 Å². The molecule has 0 saturated carbocycles. The van der Waals surface area contributed by atoms with Crippen LogP contribution in [0, 0.1) is 11.7 Å². The molecule has 2 aliphatic rings. The van der Waals surface area contributed by atoms with Gasteiger partial charge >= 0.3 is 0 Å². The molecular formula is C25H31FN4O2. The van der Waals surface area contributed by atoms with Crippen molar-refractivity contribution in [2.45, 2.75) is 12.8 Å². The van der Waals surface area contributed by atoms with Gasteiger partial charge in [0.25, 0.3) is 5.91 Å². The zero-order chi connectivity index (χ0) is 22.3. The Kier molecular flexibility index (Phi) is 7.37. The third kappa shape index (κ3) is 5.85. The number of carbonyl (C=O) groups excluding carboxylic acids is 2. The Morgan fingerprint density at radius 3 is 2.62 bits per heavy atom. The minimum Gasteiger partial charge on any atom is -0.371 e. The fourth-order valence-electron chi connectivity index (χ4n) is 4.53. The van der Waals surface area contributed by atoms with E-state index >= 15 is 0 Å². The number of hydrogen-bond donors (Lipinski definition) is 1. The van der Waals surface area contributed by atoms with Crippen LogP contribution in [0.3, 0.4) is 0 Å². The highest BCUT2D eigenvalue weighted by atomic mass is 19.1. The van der Waals surface area contributed by atoms with Gasteiger partial charge in [-0.25, -0.2) is 4.39 Å². The molecule has 2 fully saturated rings. The molecule has 4 rings (SSSR count). The predicted octanol–water partition coefficient (Wildman–Crippen LogP) is 2.62. The molecule has 0 radical (unpaired) electrons. The Hall–Kier alpha value is -2.93. The number of rotatable bonds is 6. The van der Waals surface area contributed by atoms with Crippen LogP contribution >= 0.6 is 0 Å². The molecule has 2 saturated heterocycles. The molecule has 1 atom stereocenters. The van der Waals surface area contributed by atoms with Crippen LogP contribution in [0.15, 0.2) is 54.6 Å². The first-order valence-corrected chi connectivity index (χ1v) is 11.4. The van der Waals surface area contributed by atoms with Gasteiger partial charge in [0.2, 0.25) is 5.91 Å². The number of benzene rings is 2. The number of carbonyl (C=O) groups is 2. The van der Waals surface area contributed by atoms with Gasteiger partial charge in [0.15, 0.2) is 0 Å². The molecule has 7 heteroatoms. The van der Waals surface area contributed by atoms with E-state index in [4.69, 9.17) is 0 Å². The van der Waals surface area contributed by atoms with Crippen LogP contribution in [-0.4, -0.2) is 74.0 Å². The van der Waals surface area contributed by atoms with E-state index in [0.717, 1.165) is 32.5 Å². The minimum absolute atomic E-state index is 0.0352. The van der Waals surface area contributed by atoms with Gasteiger partial charge < -0.3 is 15.1 Å². The molecule has 2 amide bonds. The summed E-state index contributed by atoms with van der Waals surface area (Å²) in [6, 6.07) is 16.2. The lowest BCUT2D eigenvalue weighted by Gasteiger charge is -2.22. The largest absolute Gasteiger partial charge is 0.371 e. The topological polar surface area (TPSA) is 55.9 Å². The average Bonchev–Trinajstić information content (AvgIpc) is 3.17. The van der Waals surface area contributed by atoms with Gasteiger partial charge in [-0.1, -0.05) is 24.3 Å². The third-order valence-electron chi connectivity index (χ3n) is 6.31. The van der Waals surface area contributed by atoms with Crippen LogP contribution in [0.5, 0.6) is 0 Å². The van der Waals surface area contributed by atoms with Crippen molar-refractivity contribution < 1.29 is 14.0 Å². The summed E-state index contributed by atoms with van der Waals surface area (Å²) in [7, 11) is 0. The maximum atomic E-state index is 13.4. The summed E-state index contributed by atoms with van der Waals surface area (Å²) >= 11 is 0. The van der Waals surface area contributed by atoms with Crippen molar-refractivity contribution in [1.82, 2.24) is 15.1 Å². The summed E-state index contributed by atoms with van der Waals surface area (Å²) in [6.45, 7) is 5.59. The molecule has 0 aliphatic carbocycles. The zero-order valence-corrected chi connectivity index (χ0v) is 18.4. The lowest BCUT2D eigenvalue weighted by atomic mass is 10.1. The van der Waals surface area contributed by atoms with Gasteiger partial charge in [-0.2, -0.15) is 0 Å². The van der Waals surface area contributed by atoms with E-state index in [1.165, 1.54) is 17.8 Å². The molecule has 2 aromatic rings. The van der Waals surface area contributed by atoms with E-state index in [-0.39, 0.29) is 11.8 Å². The summed E-state index contributed by atoms with van der Waals surface area (Å²) in [5.74, 6) is -0.0612. The third-order valence-corrected chi connectivity index (χ3v) is 6.31. The van der Waals surface area contributed by atoms with E-state index in [1.807, 2.05) is 6.07 Å². The van der Waals surface area contributed by atoms with Crippen molar-refractivity contribution in [2.75, 3.05) is 57.3 Å². The first kappa shape index (κ1) is 22.3. The summed E-state index contributed by atoms with van der Waals surface area (Å²) in [5.41, 5.74) is 1.61. The minimum atomic E-state index is -0.405. The van der Waals surface area contributed by atoms with E-state index in [9.17, 15) is 14.0 Å². The maximum Gasteiger partial charge on any atom is 0.254 e. The fourth-order valence-corrected chi connectivity index (χ4v) is 4.53. The van der Waals surface area contributed by atoms with Gasteiger partial charge in [-0.05, 0) is 49.1 Å². The fraction of sp³-hybridized carbons (Fsp3) is 0.440. The highest BCUT2D eigenvalue weighted by molar-refractivity contribution is 5.94. The van der Waals surface area contributed by atoms with Gasteiger partial charge in [0.05, 0.1) is 6.54 Å². The molecule has 170 valence electrons. The summed E-state index contributed by atoms with van der Waals surface area (Å²) in [4.78, 5) is 31.4. The SMILES string of the molecule is O=C(CN1CCCN(C(=O)c2cccc(F)c2)CC1)NCC1CCN(c2ccccc2)C1. The Morgan fingerprint density at radius 2 is 1.81 bits per heavy atom. The van der Waals surface area contributed by atoms with Gasteiger partial charge in [0, 0.05) is 57.1 Å². The molecule has 1 unspecified atom stereocenters. The summed E-state index contributed by atoms with van der Waals surface area (Å²) < 4.78 is 13.4. The zero-order valence-electron chi connectivity index (χ0n) is 18.4. The lowest BCUT2D eigenvalue weighted by Crippen LogP contribution is -2.41. The molecular weight excluding hydrogens is 407 g/mol. The Bertz CT molecular complexity index is 923. The summed E-state index contributed by atoms with van der Waals surface area (Å²) in [5, 5.41) is 3.10. The van der Waals surface area contributed by atoms with Crippen molar-refractivity contribution in [3.05, 3.63) is 66.0 Å². The summed E-state index contributed by atoms with van der Waals surface area (Å²) in [6.07, 6.45) is 1.87. The molecule has 0 bridgehead atoms. The van der Waals surface area contributed by atoms with E-state index in [0.29, 0.717) is 44.2 Å². The van der Waals surface area contributed by atoms with Crippen molar-refractivity contribution in [3.63, 3.8) is 0 Å². The maximum absolute atomic E-state index is 13.4. The number of nitrogens with zero attached hydrogens (tertiary/aromatic N) is 3. The van der Waals surface area contributed by atoms with Crippen molar-refractivity contribution in [2.24, 2.45) is 5.92 Å². The van der Waals surface area contributed by atoms with Crippen LogP contribution in [0.4, 0.5) is 10.1 Å². The lowest BCUT2D eigenvalue weighted by molar-refractivity contribution is -0.122. The normalized spacial score (nSPS) is 19.6. The first-order chi connectivity index (χ1) is 15.6. The molecule has 2 aliphatic heterocycles. The molecule has 0 spiro atoms. The second kappa shape index (κ2) is 10.6. The van der Waals surface area contributed by atoms with Gasteiger partial charge in [-0.15, -0.1) is 0 Å². The van der Waals surface area contributed by atoms with E-state index in [2.05, 4.69) is 39.4 Å². The quantitative estimate of drug-likeness (QED) is 0.754.